The molecule has 1 heterocycles. The van der Waals surface area contributed by atoms with Crippen LogP contribution in [0.4, 0.5) is 0 Å². The van der Waals surface area contributed by atoms with Gasteiger partial charge in [0.25, 0.3) is 5.91 Å². The summed E-state index contributed by atoms with van der Waals surface area (Å²) in [5.41, 5.74) is -0.530. The van der Waals surface area contributed by atoms with Crippen LogP contribution >= 0.6 is 0 Å². The van der Waals surface area contributed by atoms with Gasteiger partial charge in [-0.05, 0) is 26.7 Å². The van der Waals surface area contributed by atoms with Crippen LogP contribution in [0.3, 0.4) is 0 Å². The lowest BCUT2D eigenvalue weighted by atomic mass is 9.94. The molecule has 1 atom stereocenters. The van der Waals surface area contributed by atoms with Gasteiger partial charge < -0.3 is 15.0 Å². The fraction of sp³-hybridized carbons (Fsp3) is 0.800. The molecule has 0 aromatic carbocycles. The normalized spacial score (nSPS) is 18.8. The molecular formula is C15H26N2O4. The highest BCUT2D eigenvalue weighted by atomic mass is 16.5. The van der Waals surface area contributed by atoms with Crippen molar-refractivity contribution in [1.29, 1.82) is 0 Å². The molecule has 0 saturated carbocycles. The van der Waals surface area contributed by atoms with E-state index in [2.05, 4.69) is 5.32 Å². The second-order valence-electron chi connectivity index (χ2n) is 6.74. The van der Waals surface area contributed by atoms with Crippen molar-refractivity contribution in [2.45, 2.75) is 59.5 Å². The van der Waals surface area contributed by atoms with Gasteiger partial charge in [0.2, 0.25) is 5.91 Å². The molecule has 2 amide bonds. The van der Waals surface area contributed by atoms with Crippen molar-refractivity contribution < 1.29 is 19.1 Å². The molecule has 1 saturated heterocycles. The van der Waals surface area contributed by atoms with Gasteiger partial charge in [0.05, 0.1) is 0 Å². The van der Waals surface area contributed by atoms with Gasteiger partial charge >= 0.3 is 5.97 Å². The van der Waals surface area contributed by atoms with Crippen molar-refractivity contribution in [3.05, 3.63) is 0 Å². The van der Waals surface area contributed by atoms with Crippen molar-refractivity contribution in [2.75, 3.05) is 13.2 Å². The van der Waals surface area contributed by atoms with Crippen LogP contribution < -0.4 is 5.32 Å². The third-order valence-corrected chi connectivity index (χ3v) is 3.22. The maximum Gasteiger partial charge on any atom is 0.329 e. The number of amides is 2. The number of rotatable bonds is 4. The van der Waals surface area contributed by atoms with Gasteiger partial charge in [-0.3, -0.25) is 9.59 Å². The highest BCUT2D eigenvalue weighted by Gasteiger charge is 2.39. The van der Waals surface area contributed by atoms with Crippen LogP contribution in [-0.2, 0) is 19.1 Å². The summed E-state index contributed by atoms with van der Waals surface area (Å²) in [5.74, 6) is -0.886. The third kappa shape index (κ3) is 5.02. The summed E-state index contributed by atoms with van der Waals surface area (Å²) in [6.07, 6.45) is 1.37. The van der Waals surface area contributed by atoms with Gasteiger partial charge in [-0.15, -0.1) is 0 Å². The zero-order valence-corrected chi connectivity index (χ0v) is 13.6. The Labute approximate surface area is 126 Å². The average Bonchev–Trinajstić information content (AvgIpc) is 2.81. The largest absolute Gasteiger partial charge is 0.454 e. The summed E-state index contributed by atoms with van der Waals surface area (Å²) in [6.45, 7) is 9.41. The van der Waals surface area contributed by atoms with Crippen LogP contribution in [0.2, 0.25) is 0 Å². The van der Waals surface area contributed by atoms with E-state index in [4.69, 9.17) is 4.74 Å². The number of ether oxygens (including phenoxy) is 1. The molecule has 0 aliphatic carbocycles. The number of likely N-dealkylation sites (tertiary alicyclic amines) is 1. The molecule has 6 heteroatoms. The van der Waals surface area contributed by atoms with Crippen LogP contribution in [0.1, 0.15) is 47.5 Å². The van der Waals surface area contributed by atoms with Crippen LogP contribution in [0.15, 0.2) is 0 Å². The Morgan fingerprint density at radius 1 is 1.29 bits per heavy atom. The Hall–Kier alpha value is -1.59. The van der Waals surface area contributed by atoms with Gasteiger partial charge in [-0.1, -0.05) is 20.8 Å². The lowest BCUT2D eigenvalue weighted by molar-refractivity contribution is -0.158. The first kappa shape index (κ1) is 17.5. The monoisotopic (exact) mass is 298 g/mol. The van der Waals surface area contributed by atoms with Gasteiger partial charge in [-0.2, -0.15) is 0 Å². The standard InChI is InChI=1S/C15H26N2O4/c1-10(2)16-12(18)9-21-13(19)11-7-6-8-17(11)14(20)15(3,4)5/h10-11H,6-9H2,1-5H3,(H,16,18). The van der Waals surface area contributed by atoms with Crippen LogP contribution in [-0.4, -0.2) is 47.9 Å². The Kier molecular flexibility index (Phi) is 5.75. The first-order valence-electron chi connectivity index (χ1n) is 7.40. The van der Waals surface area contributed by atoms with Crippen LogP contribution in [0.5, 0.6) is 0 Å². The first-order chi connectivity index (χ1) is 9.62. The number of carbonyl (C=O) groups is 3. The van der Waals surface area contributed by atoms with Crippen molar-refractivity contribution in [3.63, 3.8) is 0 Å². The summed E-state index contributed by atoms with van der Waals surface area (Å²) >= 11 is 0. The van der Waals surface area contributed by atoms with E-state index in [0.29, 0.717) is 13.0 Å². The molecule has 6 nitrogen and oxygen atoms in total. The third-order valence-electron chi connectivity index (χ3n) is 3.22. The molecule has 1 aliphatic heterocycles. The lowest BCUT2D eigenvalue weighted by Crippen LogP contribution is -2.47. The maximum absolute atomic E-state index is 12.3. The Morgan fingerprint density at radius 2 is 1.90 bits per heavy atom. The molecule has 0 bridgehead atoms. The van der Waals surface area contributed by atoms with Crippen molar-refractivity contribution in [1.82, 2.24) is 10.2 Å². The predicted molar refractivity (Wildman–Crippen MR) is 78.4 cm³/mol. The molecule has 1 aliphatic rings. The molecule has 0 radical (unpaired) electrons. The SMILES string of the molecule is CC(C)NC(=O)COC(=O)C1CCCN1C(=O)C(C)(C)C. The summed E-state index contributed by atoms with van der Waals surface area (Å²) in [7, 11) is 0. The van der Waals surface area contributed by atoms with Crippen molar-refractivity contribution >= 4 is 17.8 Å². The minimum atomic E-state index is -0.566. The van der Waals surface area contributed by atoms with E-state index in [1.807, 2.05) is 34.6 Å². The number of nitrogens with one attached hydrogen (secondary N) is 1. The Balaban J connectivity index is 2.57. The smallest absolute Gasteiger partial charge is 0.329 e. The van der Waals surface area contributed by atoms with Gasteiger partial charge in [0, 0.05) is 18.0 Å². The zero-order valence-electron chi connectivity index (χ0n) is 13.6. The highest BCUT2D eigenvalue weighted by Crippen LogP contribution is 2.25. The summed E-state index contributed by atoms with van der Waals surface area (Å²) in [6, 6.07) is -0.565. The van der Waals surface area contributed by atoms with Crippen molar-refractivity contribution in [2.24, 2.45) is 5.41 Å². The molecule has 1 N–H and O–H groups in total. The zero-order chi connectivity index (χ0) is 16.2. The molecule has 1 rings (SSSR count). The average molecular weight is 298 g/mol. The van der Waals surface area contributed by atoms with Gasteiger partial charge in [0.15, 0.2) is 6.61 Å². The van der Waals surface area contributed by atoms with E-state index < -0.39 is 17.4 Å². The Morgan fingerprint density at radius 3 is 2.43 bits per heavy atom. The Bertz CT molecular complexity index is 412. The molecule has 0 aromatic rings. The summed E-state index contributed by atoms with van der Waals surface area (Å²) in [4.78, 5) is 37.4. The van der Waals surface area contributed by atoms with Crippen LogP contribution in [0.25, 0.3) is 0 Å². The summed E-state index contributed by atoms with van der Waals surface area (Å²) in [5, 5.41) is 2.65. The quantitative estimate of drug-likeness (QED) is 0.788. The molecular weight excluding hydrogens is 272 g/mol. The molecule has 21 heavy (non-hydrogen) atoms. The van der Waals surface area contributed by atoms with Gasteiger partial charge in [0.1, 0.15) is 6.04 Å². The molecule has 0 spiro atoms. The fourth-order valence-electron chi connectivity index (χ4n) is 2.28. The second kappa shape index (κ2) is 6.91. The minimum Gasteiger partial charge on any atom is -0.454 e. The fourth-order valence-corrected chi connectivity index (χ4v) is 2.28. The van der Waals surface area contributed by atoms with E-state index in [0.717, 1.165) is 6.42 Å². The molecule has 1 unspecified atom stereocenters. The van der Waals surface area contributed by atoms with Crippen molar-refractivity contribution in [3.8, 4) is 0 Å². The number of hydrogen-bond acceptors (Lipinski definition) is 4. The second-order valence-corrected chi connectivity index (χ2v) is 6.74. The topological polar surface area (TPSA) is 75.7 Å². The molecule has 120 valence electrons. The maximum atomic E-state index is 12.3. The minimum absolute atomic E-state index is 0.00153. The van der Waals surface area contributed by atoms with E-state index >= 15 is 0 Å². The van der Waals surface area contributed by atoms with E-state index in [9.17, 15) is 14.4 Å². The van der Waals surface area contributed by atoms with E-state index in [-0.39, 0.29) is 24.5 Å². The lowest BCUT2D eigenvalue weighted by Gasteiger charge is -2.29. The van der Waals surface area contributed by atoms with E-state index in [1.165, 1.54) is 0 Å². The molecule has 0 aromatic heterocycles. The number of hydrogen-bond donors (Lipinski definition) is 1. The first-order valence-corrected chi connectivity index (χ1v) is 7.40. The molecule has 1 fully saturated rings. The van der Waals surface area contributed by atoms with E-state index in [1.54, 1.807) is 4.90 Å². The van der Waals surface area contributed by atoms with Gasteiger partial charge in [-0.25, -0.2) is 4.79 Å². The summed E-state index contributed by atoms with van der Waals surface area (Å²) < 4.78 is 5.04. The number of esters is 1. The number of carbonyl (C=O) groups excluding carboxylic acids is 3. The number of nitrogens with zero attached hydrogens (tertiary/aromatic N) is 1. The van der Waals surface area contributed by atoms with Crippen LogP contribution in [0, 0.1) is 5.41 Å². The highest BCUT2D eigenvalue weighted by molar-refractivity contribution is 5.89. The predicted octanol–water partition coefficient (Wildman–Crippen LogP) is 1.09.